The van der Waals surface area contributed by atoms with Crippen molar-refractivity contribution in [2.24, 2.45) is 0 Å². The minimum absolute atomic E-state index is 0.532. The second-order valence-electron chi connectivity index (χ2n) is 2.00. The zero-order valence-electron chi connectivity index (χ0n) is 6.35. The maximum absolute atomic E-state index is 5.86. The summed E-state index contributed by atoms with van der Waals surface area (Å²) in [5.74, 6) is 0.532. The zero-order valence-corrected chi connectivity index (χ0v) is 7.11. The van der Waals surface area contributed by atoms with Crippen LogP contribution in [0.4, 0.5) is 0 Å². The number of hydrogen-bond donors (Lipinski definition) is 1. The number of halogens is 1. The van der Waals surface area contributed by atoms with Gasteiger partial charge in [-0.2, -0.15) is 0 Å². The summed E-state index contributed by atoms with van der Waals surface area (Å²) in [4.78, 5) is 0. The molecule has 4 heteroatoms. The standard InChI is InChI=1S/C7H9ClNO2/c1-10-6-4-3-5-7(8,9-6)11-2/h4-5,9H,1-2H3. The van der Waals surface area contributed by atoms with E-state index < -0.39 is 5.18 Å². The largest absolute Gasteiger partial charge is 0.482 e. The first kappa shape index (κ1) is 8.43. The van der Waals surface area contributed by atoms with Gasteiger partial charge in [0.15, 0.2) is 5.88 Å². The van der Waals surface area contributed by atoms with Gasteiger partial charge in [-0.25, -0.2) is 0 Å². The Bertz CT molecular complexity index is 203. The van der Waals surface area contributed by atoms with Crippen molar-refractivity contribution in [3.8, 4) is 0 Å². The summed E-state index contributed by atoms with van der Waals surface area (Å²) in [6.07, 6.45) is 6.00. The molecule has 0 saturated heterocycles. The summed E-state index contributed by atoms with van der Waals surface area (Å²) in [5, 5.41) is 1.78. The molecule has 1 atom stereocenters. The Hall–Kier alpha value is -0.670. The molecule has 0 bridgehead atoms. The van der Waals surface area contributed by atoms with Gasteiger partial charge in [0.1, 0.15) is 0 Å². The molecule has 11 heavy (non-hydrogen) atoms. The van der Waals surface area contributed by atoms with Crippen molar-refractivity contribution in [3.05, 3.63) is 24.1 Å². The summed E-state index contributed by atoms with van der Waals surface area (Å²) in [6.45, 7) is 0. The second-order valence-corrected chi connectivity index (χ2v) is 2.56. The fourth-order valence-electron chi connectivity index (χ4n) is 0.685. The van der Waals surface area contributed by atoms with Crippen LogP contribution in [0.15, 0.2) is 18.0 Å². The lowest BCUT2D eigenvalue weighted by atomic mass is 10.3. The van der Waals surface area contributed by atoms with Gasteiger partial charge < -0.3 is 14.8 Å². The fourth-order valence-corrected chi connectivity index (χ4v) is 0.841. The predicted octanol–water partition coefficient (Wildman–Crippen LogP) is 0.976. The van der Waals surface area contributed by atoms with Crippen LogP contribution in [0, 0.1) is 6.08 Å². The Morgan fingerprint density at radius 2 is 2.36 bits per heavy atom. The Morgan fingerprint density at radius 3 is 2.91 bits per heavy atom. The number of nitrogens with one attached hydrogen (secondary N) is 1. The van der Waals surface area contributed by atoms with E-state index in [1.54, 1.807) is 19.3 Å². The van der Waals surface area contributed by atoms with Crippen molar-refractivity contribution in [3.63, 3.8) is 0 Å². The molecular formula is C7H9ClNO2. The van der Waals surface area contributed by atoms with E-state index in [0.29, 0.717) is 5.88 Å². The van der Waals surface area contributed by atoms with E-state index in [-0.39, 0.29) is 0 Å². The highest BCUT2D eigenvalue weighted by Gasteiger charge is 2.26. The van der Waals surface area contributed by atoms with Crippen molar-refractivity contribution < 1.29 is 9.47 Å². The Balaban J connectivity index is 2.68. The maximum atomic E-state index is 5.86. The van der Waals surface area contributed by atoms with E-state index in [9.17, 15) is 0 Å². The first-order valence-electron chi connectivity index (χ1n) is 3.07. The minimum Gasteiger partial charge on any atom is -0.482 e. The van der Waals surface area contributed by atoms with E-state index in [0.717, 1.165) is 0 Å². The Kier molecular flexibility index (Phi) is 2.42. The van der Waals surface area contributed by atoms with Gasteiger partial charge in [0.05, 0.1) is 7.11 Å². The number of hydrogen-bond acceptors (Lipinski definition) is 3. The molecule has 0 saturated carbocycles. The van der Waals surface area contributed by atoms with Crippen LogP contribution in [-0.4, -0.2) is 19.4 Å². The van der Waals surface area contributed by atoms with Crippen LogP contribution in [0.25, 0.3) is 0 Å². The highest BCUT2D eigenvalue weighted by atomic mass is 35.5. The molecular weight excluding hydrogens is 166 g/mol. The third-order valence-electron chi connectivity index (χ3n) is 1.29. The van der Waals surface area contributed by atoms with Gasteiger partial charge >= 0.3 is 0 Å². The van der Waals surface area contributed by atoms with Crippen LogP contribution in [0.3, 0.4) is 0 Å². The molecule has 0 spiro atoms. The highest BCUT2D eigenvalue weighted by molar-refractivity contribution is 6.24. The highest BCUT2D eigenvalue weighted by Crippen LogP contribution is 2.19. The molecule has 1 radical (unpaired) electrons. The lowest BCUT2D eigenvalue weighted by Crippen LogP contribution is -2.41. The molecule has 0 amide bonds. The van der Waals surface area contributed by atoms with Gasteiger partial charge in [0, 0.05) is 13.2 Å². The van der Waals surface area contributed by atoms with Gasteiger partial charge in [-0.3, -0.25) is 0 Å². The SMILES string of the molecule is COC1=C[C]=CC(Cl)(OC)N1. The van der Waals surface area contributed by atoms with Gasteiger partial charge in [-0.15, -0.1) is 0 Å². The number of allylic oxidation sites excluding steroid dienone is 2. The summed E-state index contributed by atoms with van der Waals surface area (Å²) < 4.78 is 9.82. The van der Waals surface area contributed by atoms with Crippen molar-refractivity contribution >= 4 is 11.6 Å². The van der Waals surface area contributed by atoms with Gasteiger partial charge in [0.25, 0.3) is 0 Å². The zero-order chi connectivity index (χ0) is 8.32. The molecule has 61 valence electrons. The number of dihydropyridines is 1. The molecule has 1 heterocycles. The summed E-state index contributed by atoms with van der Waals surface area (Å²) in [5.41, 5.74) is 0. The first-order valence-corrected chi connectivity index (χ1v) is 3.45. The topological polar surface area (TPSA) is 30.5 Å². The fraction of sp³-hybridized carbons (Fsp3) is 0.429. The smallest absolute Gasteiger partial charge is 0.239 e. The summed E-state index contributed by atoms with van der Waals surface area (Å²) in [6, 6.07) is 0. The molecule has 1 unspecified atom stereocenters. The van der Waals surface area contributed by atoms with E-state index in [1.807, 2.05) is 0 Å². The van der Waals surface area contributed by atoms with E-state index in [2.05, 4.69) is 11.4 Å². The first-order chi connectivity index (χ1) is 5.20. The van der Waals surface area contributed by atoms with E-state index in [4.69, 9.17) is 21.1 Å². The monoisotopic (exact) mass is 174 g/mol. The number of ether oxygens (including phenoxy) is 2. The quantitative estimate of drug-likeness (QED) is 0.500. The molecule has 0 aromatic heterocycles. The van der Waals surface area contributed by atoms with Crippen LogP contribution in [-0.2, 0) is 9.47 Å². The number of rotatable bonds is 2. The Morgan fingerprint density at radius 1 is 1.64 bits per heavy atom. The molecule has 0 aliphatic carbocycles. The van der Waals surface area contributed by atoms with Crippen molar-refractivity contribution in [1.82, 2.24) is 5.32 Å². The van der Waals surface area contributed by atoms with Crippen LogP contribution >= 0.6 is 11.6 Å². The van der Waals surface area contributed by atoms with Gasteiger partial charge in [-0.1, -0.05) is 11.6 Å². The molecule has 1 aliphatic rings. The third-order valence-corrected chi connectivity index (χ3v) is 1.65. The lowest BCUT2D eigenvalue weighted by Gasteiger charge is -2.26. The van der Waals surface area contributed by atoms with Crippen molar-refractivity contribution in [1.29, 1.82) is 0 Å². The lowest BCUT2D eigenvalue weighted by molar-refractivity contribution is 0.0621. The predicted molar refractivity (Wildman–Crippen MR) is 41.6 cm³/mol. The molecule has 1 aliphatic heterocycles. The van der Waals surface area contributed by atoms with E-state index >= 15 is 0 Å². The average Bonchev–Trinajstić information content (AvgIpc) is 2.05. The van der Waals surface area contributed by atoms with Crippen molar-refractivity contribution in [2.75, 3.05) is 14.2 Å². The van der Waals surface area contributed by atoms with Crippen molar-refractivity contribution in [2.45, 2.75) is 5.18 Å². The maximum Gasteiger partial charge on any atom is 0.239 e. The summed E-state index contributed by atoms with van der Waals surface area (Å²) >= 11 is 5.86. The molecule has 0 aromatic carbocycles. The normalized spacial score (nSPS) is 29.2. The third kappa shape index (κ3) is 1.88. The molecule has 1 N–H and O–H groups in total. The van der Waals surface area contributed by atoms with E-state index in [1.165, 1.54) is 7.11 Å². The molecule has 0 aromatic rings. The second kappa shape index (κ2) is 3.15. The molecule has 0 fully saturated rings. The molecule has 3 nitrogen and oxygen atoms in total. The average molecular weight is 175 g/mol. The summed E-state index contributed by atoms with van der Waals surface area (Å²) in [7, 11) is 3.04. The minimum atomic E-state index is -1.01. The molecule has 1 rings (SSSR count). The van der Waals surface area contributed by atoms with Crippen LogP contribution in [0.5, 0.6) is 0 Å². The number of alkyl halides is 1. The van der Waals surface area contributed by atoms with Crippen LogP contribution in [0.2, 0.25) is 0 Å². The van der Waals surface area contributed by atoms with Crippen LogP contribution < -0.4 is 5.32 Å². The van der Waals surface area contributed by atoms with Gasteiger partial charge in [0.2, 0.25) is 5.18 Å². The van der Waals surface area contributed by atoms with Crippen LogP contribution in [0.1, 0.15) is 0 Å². The number of methoxy groups -OCH3 is 2. The Labute approximate surface area is 70.6 Å². The van der Waals surface area contributed by atoms with Gasteiger partial charge in [-0.05, 0) is 12.2 Å².